The van der Waals surface area contributed by atoms with Gasteiger partial charge in [0.05, 0.1) is 5.57 Å². The smallest absolute Gasteiger partial charge is 0.256 e. The van der Waals surface area contributed by atoms with E-state index in [1.165, 1.54) is 0 Å². The molecule has 0 bridgehead atoms. The van der Waals surface area contributed by atoms with Crippen LogP contribution in [0.4, 0.5) is 5.69 Å². The molecular weight excluding hydrogens is 426 g/mol. The van der Waals surface area contributed by atoms with E-state index >= 15 is 0 Å². The second-order valence-electron chi connectivity index (χ2n) is 8.08. The Morgan fingerprint density at radius 3 is 2.69 bits per heavy atom. The number of hydrogen-bond donors (Lipinski definition) is 1. The highest BCUT2D eigenvalue weighted by atomic mass is 35.5. The number of amides is 2. The van der Waals surface area contributed by atoms with Crippen molar-refractivity contribution in [2.24, 2.45) is 0 Å². The summed E-state index contributed by atoms with van der Waals surface area (Å²) in [6.45, 7) is 3.21. The van der Waals surface area contributed by atoms with Crippen molar-refractivity contribution in [3.05, 3.63) is 76.5 Å². The van der Waals surface area contributed by atoms with Gasteiger partial charge in [0.2, 0.25) is 0 Å². The maximum atomic E-state index is 12.9. The van der Waals surface area contributed by atoms with Gasteiger partial charge in [0.1, 0.15) is 11.5 Å². The van der Waals surface area contributed by atoms with Gasteiger partial charge in [-0.3, -0.25) is 9.59 Å². The van der Waals surface area contributed by atoms with Gasteiger partial charge in [0.15, 0.2) is 0 Å². The van der Waals surface area contributed by atoms with Crippen molar-refractivity contribution in [3.63, 3.8) is 0 Å². The van der Waals surface area contributed by atoms with Crippen LogP contribution in [0, 0.1) is 0 Å². The van der Waals surface area contributed by atoms with Gasteiger partial charge in [-0.2, -0.15) is 0 Å². The minimum Gasteiger partial charge on any atom is -0.457 e. The van der Waals surface area contributed by atoms with Crippen LogP contribution in [-0.2, 0) is 4.79 Å². The Balaban J connectivity index is 1.40. The maximum Gasteiger partial charge on any atom is 0.256 e. The number of carbonyl (C=O) groups excluding carboxylic acids is 2. The number of likely N-dealkylation sites (N-methyl/N-ethyl adjacent to an activating group) is 1. The van der Waals surface area contributed by atoms with Crippen LogP contribution >= 0.6 is 11.6 Å². The molecule has 1 saturated heterocycles. The summed E-state index contributed by atoms with van der Waals surface area (Å²) in [5.74, 6) is 1.02. The molecule has 7 heteroatoms. The fourth-order valence-corrected chi connectivity index (χ4v) is 4.20. The number of benzene rings is 2. The monoisotopic (exact) mass is 447 g/mol. The average Bonchev–Trinajstić information content (AvgIpc) is 3.39. The lowest BCUT2D eigenvalue weighted by atomic mass is 10.1. The lowest BCUT2D eigenvalue weighted by Gasteiger charge is -2.32. The van der Waals surface area contributed by atoms with Crippen LogP contribution in [0.1, 0.15) is 21.7 Å². The number of carbonyl (C=O) groups is 2. The third-order valence-corrected chi connectivity index (χ3v) is 6.10. The molecule has 1 fully saturated rings. The molecule has 2 aliphatic rings. The minimum absolute atomic E-state index is 0.0324. The molecule has 32 heavy (non-hydrogen) atoms. The molecule has 3 aromatic rings. The van der Waals surface area contributed by atoms with Crippen molar-refractivity contribution in [2.45, 2.75) is 0 Å². The van der Waals surface area contributed by atoms with Crippen LogP contribution in [0.3, 0.4) is 0 Å². The van der Waals surface area contributed by atoms with Crippen molar-refractivity contribution >= 4 is 40.8 Å². The number of hydrogen-bond acceptors (Lipinski definition) is 4. The topological polar surface area (TPSA) is 65.8 Å². The Bertz CT molecular complexity index is 1240. The van der Waals surface area contributed by atoms with Crippen molar-refractivity contribution in [2.75, 3.05) is 38.5 Å². The zero-order valence-corrected chi connectivity index (χ0v) is 18.4. The SMILES string of the molecule is CN1CCN(C(=O)c2cccc(-c3ccc(C=C4C(=O)Nc5ccc(Cl)cc54)o3)c2)CC1. The molecule has 0 spiro atoms. The first-order chi connectivity index (χ1) is 15.5. The van der Waals surface area contributed by atoms with E-state index in [2.05, 4.69) is 17.3 Å². The molecule has 0 radical (unpaired) electrons. The summed E-state index contributed by atoms with van der Waals surface area (Å²) < 4.78 is 6.00. The van der Waals surface area contributed by atoms with Crippen LogP contribution in [-0.4, -0.2) is 54.8 Å². The lowest BCUT2D eigenvalue weighted by Crippen LogP contribution is -2.47. The zero-order chi connectivity index (χ0) is 22.2. The van der Waals surface area contributed by atoms with Crippen LogP contribution in [0.2, 0.25) is 5.02 Å². The minimum atomic E-state index is -0.194. The van der Waals surface area contributed by atoms with E-state index in [1.54, 1.807) is 24.3 Å². The second-order valence-corrected chi connectivity index (χ2v) is 8.52. The summed E-state index contributed by atoms with van der Waals surface area (Å²) in [4.78, 5) is 29.4. The first-order valence-electron chi connectivity index (χ1n) is 10.5. The predicted molar refractivity (Wildman–Crippen MR) is 125 cm³/mol. The number of nitrogens with one attached hydrogen (secondary N) is 1. The molecule has 0 unspecified atom stereocenters. The summed E-state index contributed by atoms with van der Waals surface area (Å²) in [5, 5.41) is 3.40. The third kappa shape index (κ3) is 3.95. The Morgan fingerprint density at radius 1 is 1.06 bits per heavy atom. The number of rotatable bonds is 3. The summed E-state index contributed by atoms with van der Waals surface area (Å²) >= 11 is 6.10. The van der Waals surface area contributed by atoms with E-state index in [9.17, 15) is 9.59 Å². The number of furan rings is 1. The van der Waals surface area contributed by atoms with Gasteiger partial charge in [0.25, 0.3) is 11.8 Å². The Morgan fingerprint density at radius 2 is 1.88 bits per heavy atom. The molecule has 2 aromatic carbocycles. The number of piperazine rings is 1. The zero-order valence-electron chi connectivity index (χ0n) is 17.6. The Hall–Kier alpha value is -3.35. The van der Waals surface area contributed by atoms with E-state index in [4.69, 9.17) is 16.0 Å². The van der Waals surface area contributed by atoms with Gasteiger partial charge in [-0.05, 0) is 55.6 Å². The first-order valence-corrected chi connectivity index (χ1v) is 10.9. The van der Waals surface area contributed by atoms with Crippen LogP contribution in [0.25, 0.3) is 23.0 Å². The van der Waals surface area contributed by atoms with Gasteiger partial charge in [-0.1, -0.05) is 23.7 Å². The molecule has 6 nitrogen and oxygen atoms in total. The molecule has 2 amide bonds. The van der Waals surface area contributed by atoms with Crippen molar-refractivity contribution < 1.29 is 14.0 Å². The molecular formula is C25H22ClN3O3. The molecule has 5 rings (SSSR count). The largest absolute Gasteiger partial charge is 0.457 e. The van der Waals surface area contributed by atoms with Gasteiger partial charge in [-0.15, -0.1) is 0 Å². The molecule has 0 saturated carbocycles. The van der Waals surface area contributed by atoms with E-state index in [-0.39, 0.29) is 11.8 Å². The molecule has 2 aliphatic heterocycles. The highest BCUT2D eigenvalue weighted by molar-refractivity contribution is 6.36. The van der Waals surface area contributed by atoms with Gasteiger partial charge < -0.3 is 19.5 Å². The van der Waals surface area contributed by atoms with Crippen LogP contribution in [0.5, 0.6) is 0 Å². The highest BCUT2D eigenvalue weighted by Crippen LogP contribution is 2.35. The number of halogens is 1. The van der Waals surface area contributed by atoms with Crippen LogP contribution < -0.4 is 5.32 Å². The van der Waals surface area contributed by atoms with E-state index in [0.717, 1.165) is 43.0 Å². The summed E-state index contributed by atoms with van der Waals surface area (Å²) in [7, 11) is 2.06. The molecule has 0 aliphatic carbocycles. The van der Waals surface area contributed by atoms with Crippen molar-refractivity contribution in [3.8, 4) is 11.3 Å². The van der Waals surface area contributed by atoms with Gasteiger partial charge >= 0.3 is 0 Å². The normalized spacial score (nSPS) is 17.5. The standard InChI is InChI=1S/C25H22ClN3O3/c1-28-9-11-29(12-10-28)25(31)17-4-2-3-16(13-17)23-8-6-19(32-23)15-21-20-14-18(26)5-7-22(20)27-24(21)30/h2-8,13-15H,9-12H2,1H3,(H,27,30). The molecule has 0 atom stereocenters. The van der Waals surface area contributed by atoms with Gasteiger partial charge in [-0.25, -0.2) is 0 Å². The molecule has 1 N–H and O–H groups in total. The quantitative estimate of drug-likeness (QED) is 0.601. The third-order valence-electron chi connectivity index (χ3n) is 5.86. The van der Waals surface area contributed by atoms with Crippen molar-refractivity contribution in [1.29, 1.82) is 0 Å². The number of nitrogens with zero attached hydrogens (tertiary/aromatic N) is 2. The molecule has 3 heterocycles. The van der Waals surface area contributed by atoms with Crippen LogP contribution in [0.15, 0.2) is 59.0 Å². The summed E-state index contributed by atoms with van der Waals surface area (Å²) in [6, 6.07) is 16.4. The van der Waals surface area contributed by atoms with Gasteiger partial charge in [0, 0.05) is 53.6 Å². The predicted octanol–water partition coefficient (Wildman–Crippen LogP) is 4.48. The lowest BCUT2D eigenvalue weighted by molar-refractivity contribution is -0.110. The summed E-state index contributed by atoms with van der Waals surface area (Å²) in [5.41, 5.74) is 3.44. The molecule has 1 aromatic heterocycles. The Kier molecular flexibility index (Phi) is 5.33. The van der Waals surface area contributed by atoms with E-state index < -0.39 is 0 Å². The highest BCUT2D eigenvalue weighted by Gasteiger charge is 2.25. The maximum absolute atomic E-state index is 12.9. The first kappa shape index (κ1) is 20.5. The van der Waals surface area contributed by atoms with E-state index in [1.807, 2.05) is 41.3 Å². The van der Waals surface area contributed by atoms with E-state index in [0.29, 0.717) is 27.7 Å². The Labute approximate surface area is 191 Å². The average molecular weight is 448 g/mol. The molecule has 162 valence electrons. The number of fused-ring (bicyclic) bond motifs is 1. The van der Waals surface area contributed by atoms with Crippen molar-refractivity contribution in [1.82, 2.24) is 9.80 Å². The number of anilines is 1. The second kappa shape index (κ2) is 8.30. The fourth-order valence-electron chi connectivity index (χ4n) is 4.03. The summed E-state index contributed by atoms with van der Waals surface area (Å²) in [6.07, 6.45) is 1.71. The fraction of sp³-hybridized carbons (Fsp3) is 0.200.